The van der Waals surface area contributed by atoms with E-state index >= 15 is 0 Å². The van der Waals surface area contributed by atoms with Gasteiger partial charge in [-0.05, 0) is 0 Å². The van der Waals surface area contributed by atoms with Crippen molar-refractivity contribution in [2.24, 2.45) is 0 Å². The second-order valence-corrected chi connectivity index (χ2v) is 1.54. The largest absolute Gasteiger partial charge is 2.00 e. The molecular formula is H3F4FeMgO4P. The van der Waals surface area contributed by atoms with Gasteiger partial charge in [-0.15, -0.1) is 0 Å². The fourth-order valence-corrected chi connectivity index (χ4v) is 0. The average Bonchev–Trinajstić information content (AvgIpc) is 0.722. The first-order valence-corrected chi connectivity index (χ1v) is 2.35. The van der Waals surface area contributed by atoms with Gasteiger partial charge in [-0.1, -0.05) is 0 Å². The molecule has 0 aliphatic heterocycles. The Morgan fingerprint density at radius 1 is 0.818 bits per heavy atom. The molecule has 0 atom stereocenters. The van der Waals surface area contributed by atoms with E-state index in [0.717, 1.165) is 0 Å². The first-order valence-electron chi connectivity index (χ1n) is 0.783. The smallest absolute Gasteiger partial charge is 1.00 e. The van der Waals surface area contributed by atoms with E-state index in [4.69, 9.17) is 19.2 Å². The van der Waals surface area contributed by atoms with Gasteiger partial charge in [0.1, 0.15) is 0 Å². The molecule has 0 bridgehead atoms. The Labute approximate surface area is 86.1 Å². The standard InChI is InChI=1S/4FH.Fe.Mg.H3O4P/c;;;;;;1-5(2,3)4/h4*1H;;;(H3,1,2,3,4)/q;;;;2*+2;/p-4. The van der Waals surface area contributed by atoms with Crippen LogP contribution in [0.1, 0.15) is 0 Å². The summed E-state index contributed by atoms with van der Waals surface area (Å²) in [6.07, 6.45) is 0. The molecule has 0 spiro atoms. The van der Waals surface area contributed by atoms with Gasteiger partial charge in [-0.25, -0.2) is 4.57 Å². The molecule has 0 aliphatic rings. The summed E-state index contributed by atoms with van der Waals surface area (Å²) in [5, 5.41) is 0. The average molecular weight is 254 g/mol. The normalized spacial score (nSPS) is 5.36. The number of phosphoric acid groups is 1. The van der Waals surface area contributed by atoms with Gasteiger partial charge >= 0.3 is 47.9 Å². The maximum absolute atomic E-state index is 8.88. The van der Waals surface area contributed by atoms with Gasteiger partial charge in [0.2, 0.25) is 0 Å². The number of rotatable bonds is 0. The fourth-order valence-electron chi connectivity index (χ4n) is 0. The molecule has 0 rings (SSSR count). The summed E-state index contributed by atoms with van der Waals surface area (Å²) in [4.78, 5) is 21.6. The minimum Gasteiger partial charge on any atom is -1.00 e. The monoisotopic (exact) mass is 254 g/mol. The van der Waals surface area contributed by atoms with E-state index in [1.807, 2.05) is 0 Å². The van der Waals surface area contributed by atoms with E-state index in [9.17, 15) is 0 Å². The fraction of sp³-hybridized carbons (Fsp3) is 0. The van der Waals surface area contributed by atoms with Crippen LogP contribution < -0.4 is 18.8 Å². The quantitative estimate of drug-likeness (QED) is 0.228. The summed E-state index contributed by atoms with van der Waals surface area (Å²) < 4.78 is 8.88. The van der Waals surface area contributed by atoms with Crippen LogP contribution in [0.5, 0.6) is 0 Å². The topological polar surface area (TPSA) is 77.8 Å². The molecular weight excluding hydrogens is 251 g/mol. The van der Waals surface area contributed by atoms with Crippen molar-refractivity contribution in [1.82, 2.24) is 0 Å². The molecule has 0 aliphatic carbocycles. The van der Waals surface area contributed by atoms with E-state index < -0.39 is 7.82 Å². The van der Waals surface area contributed by atoms with Crippen LogP contribution in [-0.2, 0) is 21.6 Å². The second-order valence-electron chi connectivity index (χ2n) is 0.513. The second kappa shape index (κ2) is 22.5. The van der Waals surface area contributed by atoms with Crippen molar-refractivity contribution in [2.45, 2.75) is 0 Å². The van der Waals surface area contributed by atoms with Crippen molar-refractivity contribution in [3.8, 4) is 0 Å². The van der Waals surface area contributed by atoms with E-state index in [1.54, 1.807) is 0 Å². The van der Waals surface area contributed by atoms with Crippen LogP contribution in [0.2, 0.25) is 0 Å². The molecule has 0 aromatic heterocycles. The summed E-state index contributed by atoms with van der Waals surface area (Å²) in [7, 11) is -4.64. The molecule has 11 heteroatoms. The van der Waals surface area contributed by atoms with Crippen LogP contribution in [0, 0.1) is 0 Å². The summed E-state index contributed by atoms with van der Waals surface area (Å²) in [5.41, 5.74) is 0. The van der Waals surface area contributed by atoms with Gasteiger partial charge in [0.25, 0.3) is 0 Å². The van der Waals surface area contributed by atoms with E-state index in [1.165, 1.54) is 0 Å². The molecule has 0 saturated heterocycles. The summed E-state index contributed by atoms with van der Waals surface area (Å²) in [6, 6.07) is 0. The van der Waals surface area contributed by atoms with Crippen LogP contribution in [0.4, 0.5) is 0 Å². The molecule has 0 fully saturated rings. The van der Waals surface area contributed by atoms with Gasteiger partial charge in [-0.2, -0.15) is 0 Å². The van der Waals surface area contributed by atoms with Crippen LogP contribution in [0.15, 0.2) is 0 Å². The Morgan fingerprint density at radius 2 is 0.818 bits per heavy atom. The molecule has 3 N–H and O–H groups in total. The van der Waals surface area contributed by atoms with Gasteiger partial charge in [0.15, 0.2) is 0 Å². The number of hydrogen-bond donors (Lipinski definition) is 3. The number of hydrogen-bond acceptors (Lipinski definition) is 1. The zero-order valence-electron chi connectivity index (χ0n) is 4.77. The Balaban J connectivity index is -0.00000000533. The molecule has 0 aromatic carbocycles. The summed E-state index contributed by atoms with van der Waals surface area (Å²) in [5.74, 6) is 0. The molecule has 0 amide bonds. The van der Waals surface area contributed by atoms with Crippen molar-refractivity contribution >= 4 is 30.9 Å². The predicted octanol–water partition coefficient (Wildman–Crippen LogP) is -13.3. The van der Waals surface area contributed by atoms with E-state index in [2.05, 4.69) is 0 Å². The molecule has 11 heavy (non-hydrogen) atoms. The molecule has 0 unspecified atom stereocenters. The van der Waals surface area contributed by atoms with Gasteiger partial charge in [0.05, 0.1) is 0 Å². The van der Waals surface area contributed by atoms with Gasteiger partial charge in [-0.3, -0.25) is 0 Å². The van der Waals surface area contributed by atoms with Crippen molar-refractivity contribution in [2.75, 3.05) is 0 Å². The Morgan fingerprint density at radius 3 is 0.818 bits per heavy atom. The third-order valence-corrected chi connectivity index (χ3v) is 0. The van der Waals surface area contributed by atoms with Crippen molar-refractivity contribution in [3.63, 3.8) is 0 Å². The predicted molar refractivity (Wildman–Crippen MR) is 20.0 cm³/mol. The zero-order chi connectivity index (χ0) is 4.50. The molecule has 0 aromatic rings. The molecule has 70 valence electrons. The summed E-state index contributed by atoms with van der Waals surface area (Å²) in [6.45, 7) is 0. The molecule has 0 heterocycles. The Kier molecular flexibility index (Phi) is 117. The number of halogens is 4. The van der Waals surface area contributed by atoms with Gasteiger partial charge in [0, 0.05) is 0 Å². The third-order valence-electron chi connectivity index (χ3n) is 0. The Hall–Kier alpha value is 1.12. The van der Waals surface area contributed by atoms with Crippen molar-refractivity contribution in [3.05, 3.63) is 0 Å². The first-order chi connectivity index (χ1) is 2.00. The maximum Gasteiger partial charge on any atom is 2.00 e. The Bertz CT molecular complexity index is 68.2. The van der Waals surface area contributed by atoms with Crippen LogP contribution in [0.25, 0.3) is 0 Å². The minimum atomic E-state index is -4.64. The van der Waals surface area contributed by atoms with Crippen molar-refractivity contribution in [1.29, 1.82) is 0 Å². The molecule has 0 saturated carbocycles. The minimum absolute atomic E-state index is 0. The van der Waals surface area contributed by atoms with E-state index in [-0.39, 0.29) is 58.9 Å². The van der Waals surface area contributed by atoms with Gasteiger partial charge < -0.3 is 33.5 Å². The van der Waals surface area contributed by atoms with Crippen LogP contribution >= 0.6 is 7.82 Å². The first kappa shape index (κ1) is 57.2. The van der Waals surface area contributed by atoms with E-state index in [0.29, 0.717) is 0 Å². The zero-order valence-corrected chi connectivity index (χ0v) is 8.18. The molecule has 4 nitrogen and oxygen atoms in total. The van der Waals surface area contributed by atoms with Crippen LogP contribution in [-0.4, -0.2) is 37.7 Å². The SMILES string of the molecule is O=P(O)(O)O.[F-].[F-].[F-].[F-].[Fe+2].[Mg+2]. The van der Waals surface area contributed by atoms with Crippen molar-refractivity contribution < 1.29 is 55.1 Å². The van der Waals surface area contributed by atoms with Crippen LogP contribution in [0.3, 0.4) is 0 Å². The maximum atomic E-state index is 8.88. The summed E-state index contributed by atoms with van der Waals surface area (Å²) >= 11 is 0. The molecule has 0 radical (unpaired) electrons. The third kappa shape index (κ3) is 742.